The van der Waals surface area contributed by atoms with Gasteiger partial charge in [-0.15, -0.1) is 0 Å². The molecule has 0 unspecified atom stereocenters. The van der Waals surface area contributed by atoms with Crippen molar-refractivity contribution in [3.05, 3.63) is 85.2 Å². The number of para-hydroxylation sites is 2. The molecule has 0 amide bonds. The fourth-order valence-corrected chi connectivity index (χ4v) is 4.39. The highest BCUT2D eigenvalue weighted by atomic mass is 19.5. The second-order valence-electron chi connectivity index (χ2n) is 7.74. The SMILES string of the molecule is CC#N.C[n+]1cn(-c2ccc3ccc4cccc5ccc2c3c45)c2ccccc21.F[B-](F)(F)F. The number of aromatic nitrogens is 2. The van der Waals surface area contributed by atoms with Crippen molar-refractivity contribution < 1.29 is 21.8 Å². The van der Waals surface area contributed by atoms with E-state index in [0.717, 1.165) is 0 Å². The van der Waals surface area contributed by atoms with Gasteiger partial charge in [-0.2, -0.15) is 9.83 Å². The highest BCUT2D eigenvalue weighted by molar-refractivity contribution is 6.50. The maximum atomic E-state index is 9.75. The van der Waals surface area contributed by atoms with E-state index in [0.29, 0.717) is 0 Å². The maximum Gasteiger partial charge on any atom is 0.673 e. The average molecular weight is 461 g/mol. The van der Waals surface area contributed by atoms with Crippen LogP contribution in [-0.2, 0) is 7.05 Å². The van der Waals surface area contributed by atoms with Gasteiger partial charge in [-0.1, -0.05) is 54.6 Å². The van der Waals surface area contributed by atoms with Crippen molar-refractivity contribution in [3.63, 3.8) is 0 Å². The zero-order valence-electron chi connectivity index (χ0n) is 18.5. The van der Waals surface area contributed by atoms with Gasteiger partial charge < -0.3 is 17.3 Å². The maximum absolute atomic E-state index is 9.75. The Labute approximate surface area is 193 Å². The van der Waals surface area contributed by atoms with E-state index in [1.54, 1.807) is 6.07 Å². The smallest absolute Gasteiger partial charge is 0.418 e. The molecule has 8 heteroatoms. The van der Waals surface area contributed by atoms with Crippen molar-refractivity contribution in [3.8, 4) is 11.8 Å². The lowest BCUT2D eigenvalue weighted by Crippen LogP contribution is -2.25. The summed E-state index contributed by atoms with van der Waals surface area (Å²) >= 11 is 0. The first-order valence-corrected chi connectivity index (χ1v) is 10.5. The number of aryl methyl sites for hydroxylation is 1. The summed E-state index contributed by atoms with van der Waals surface area (Å²) in [4.78, 5) is 0. The van der Waals surface area contributed by atoms with Crippen LogP contribution in [0.1, 0.15) is 6.92 Å². The van der Waals surface area contributed by atoms with Crippen LogP contribution in [0.15, 0.2) is 85.2 Å². The first kappa shape index (κ1) is 23.1. The molecule has 1 heterocycles. The van der Waals surface area contributed by atoms with Crippen molar-refractivity contribution in [1.29, 1.82) is 5.26 Å². The van der Waals surface area contributed by atoms with Gasteiger partial charge in [-0.3, -0.25) is 0 Å². The number of imidazole rings is 1. The fraction of sp³-hybridized carbons (Fsp3) is 0.0769. The van der Waals surface area contributed by atoms with Gasteiger partial charge in [-0.25, -0.2) is 4.57 Å². The van der Waals surface area contributed by atoms with Crippen molar-refractivity contribution in [1.82, 2.24) is 4.57 Å². The van der Waals surface area contributed by atoms with Gasteiger partial charge in [0.15, 0.2) is 11.0 Å². The molecule has 3 nitrogen and oxygen atoms in total. The summed E-state index contributed by atoms with van der Waals surface area (Å²) in [5, 5.41) is 15.3. The zero-order chi connectivity index (χ0) is 24.5. The number of fused-ring (bicyclic) bond motifs is 1. The van der Waals surface area contributed by atoms with Gasteiger partial charge in [0.25, 0.3) is 0 Å². The number of nitriles is 1. The Hall–Kier alpha value is -4.12. The van der Waals surface area contributed by atoms with Gasteiger partial charge in [-0.05, 0) is 45.8 Å². The molecule has 5 aromatic carbocycles. The highest BCUT2D eigenvalue weighted by Crippen LogP contribution is 2.37. The molecular formula is C26H20BF4N3. The highest BCUT2D eigenvalue weighted by Gasteiger charge is 2.21. The van der Waals surface area contributed by atoms with Crippen LogP contribution in [0.2, 0.25) is 0 Å². The molecule has 0 N–H and O–H groups in total. The quantitative estimate of drug-likeness (QED) is 0.111. The molecule has 0 radical (unpaired) electrons. The third-order valence-electron chi connectivity index (χ3n) is 5.58. The molecule has 6 rings (SSSR count). The third kappa shape index (κ3) is 4.37. The Kier molecular flexibility index (Phi) is 6.12. The van der Waals surface area contributed by atoms with E-state index in [1.807, 2.05) is 0 Å². The van der Waals surface area contributed by atoms with Crippen molar-refractivity contribution in [2.24, 2.45) is 7.05 Å². The van der Waals surface area contributed by atoms with E-state index >= 15 is 0 Å². The first-order chi connectivity index (χ1) is 16.2. The molecule has 0 atom stereocenters. The van der Waals surface area contributed by atoms with Crippen molar-refractivity contribution in [2.45, 2.75) is 6.92 Å². The van der Waals surface area contributed by atoms with Crippen LogP contribution in [0.5, 0.6) is 0 Å². The average Bonchev–Trinajstić information content (AvgIpc) is 3.13. The van der Waals surface area contributed by atoms with E-state index in [9.17, 15) is 17.3 Å². The molecule has 0 aliphatic carbocycles. The molecule has 34 heavy (non-hydrogen) atoms. The van der Waals surface area contributed by atoms with Crippen LogP contribution in [-0.4, -0.2) is 11.8 Å². The lowest BCUT2D eigenvalue weighted by molar-refractivity contribution is -0.645. The van der Waals surface area contributed by atoms with Crippen molar-refractivity contribution >= 4 is 50.6 Å². The normalized spacial score (nSPS) is 11.2. The van der Waals surface area contributed by atoms with Crippen LogP contribution >= 0.6 is 0 Å². The van der Waals surface area contributed by atoms with Gasteiger partial charge in [0.2, 0.25) is 6.33 Å². The number of hydrogen-bond donors (Lipinski definition) is 0. The number of hydrogen-bond acceptors (Lipinski definition) is 1. The summed E-state index contributed by atoms with van der Waals surface area (Å²) < 4.78 is 43.5. The van der Waals surface area contributed by atoms with Gasteiger partial charge in [0, 0.05) is 17.7 Å². The topological polar surface area (TPSA) is 32.6 Å². The fourth-order valence-electron chi connectivity index (χ4n) is 4.39. The number of halogens is 4. The van der Waals surface area contributed by atoms with Crippen LogP contribution in [0.25, 0.3) is 49.0 Å². The van der Waals surface area contributed by atoms with Gasteiger partial charge >= 0.3 is 7.25 Å². The second kappa shape index (κ2) is 9.03. The Morgan fingerprint density at radius 3 is 1.94 bits per heavy atom. The van der Waals surface area contributed by atoms with Crippen LogP contribution in [0.4, 0.5) is 17.3 Å². The second-order valence-corrected chi connectivity index (χ2v) is 7.74. The minimum atomic E-state index is -6.00. The zero-order valence-corrected chi connectivity index (χ0v) is 18.5. The predicted octanol–water partition coefficient (Wildman–Crippen LogP) is 7.18. The molecule has 0 fully saturated rings. The molecule has 6 aromatic rings. The van der Waals surface area contributed by atoms with E-state index in [2.05, 4.69) is 101 Å². The molecule has 170 valence electrons. The summed E-state index contributed by atoms with van der Waals surface area (Å²) in [6.07, 6.45) is 2.18. The third-order valence-corrected chi connectivity index (χ3v) is 5.58. The van der Waals surface area contributed by atoms with Crippen LogP contribution in [0, 0.1) is 11.3 Å². The molecule has 0 spiro atoms. The summed E-state index contributed by atoms with van der Waals surface area (Å²) in [5.41, 5.74) is 3.69. The standard InChI is InChI=1S/C24H17N2.C2H3N.BF4/c1-25-15-26(22-8-3-2-7-21(22)25)20-14-12-18-10-9-16-5-4-6-17-11-13-19(20)24(18)23(16)17;1-2-3;2-1(3,4)5/h2-15H,1H3;1H3;/q+1;;-1. The Balaban J connectivity index is 0.000000302. The Bertz CT molecular complexity index is 1630. The Morgan fingerprint density at radius 2 is 1.29 bits per heavy atom. The minimum Gasteiger partial charge on any atom is -0.418 e. The molecule has 0 saturated carbocycles. The van der Waals surface area contributed by atoms with Gasteiger partial charge in [0.05, 0.1) is 13.1 Å². The van der Waals surface area contributed by atoms with Gasteiger partial charge in [0.1, 0.15) is 5.69 Å². The molecule has 0 aliphatic heterocycles. The monoisotopic (exact) mass is 461 g/mol. The molecule has 0 aliphatic rings. The Morgan fingerprint density at radius 1 is 0.765 bits per heavy atom. The number of rotatable bonds is 1. The summed E-state index contributed by atoms with van der Waals surface area (Å²) in [6, 6.07) is 30.3. The molecular weight excluding hydrogens is 441 g/mol. The summed E-state index contributed by atoms with van der Waals surface area (Å²) in [5.74, 6) is 0. The van der Waals surface area contributed by atoms with Crippen LogP contribution < -0.4 is 4.57 Å². The van der Waals surface area contributed by atoms with Crippen molar-refractivity contribution in [2.75, 3.05) is 0 Å². The first-order valence-electron chi connectivity index (χ1n) is 10.5. The van der Waals surface area contributed by atoms with E-state index in [1.165, 1.54) is 56.0 Å². The van der Waals surface area contributed by atoms with E-state index < -0.39 is 7.25 Å². The lowest BCUT2D eigenvalue weighted by atomic mass is 9.93. The lowest BCUT2D eigenvalue weighted by Gasteiger charge is -2.12. The molecule has 0 bridgehead atoms. The van der Waals surface area contributed by atoms with E-state index in [4.69, 9.17) is 5.26 Å². The summed E-state index contributed by atoms with van der Waals surface area (Å²) in [6.45, 7) is 1.43. The minimum absolute atomic E-state index is 1.23. The molecule has 1 aromatic heterocycles. The summed E-state index contributed by atoms with van der Waals surface area (Å²) in [7, 11) is -3.89. The van der Waals surface area contributed by atoms with E-state index in [-0.39, 0.29) is 0 Å². The molecule has 0 saturated heterocycles. The van der Waals surface area contributed by atoms with Crippen LogP contribution in [0.3, 0.4) is 0 Å². The predicted molar refractivity (Wildman–Crippen MR) is 130 cm³/mol. The number of nitrogens with zero attached hydrogens (tertiary/aromatic N) is 3. The number of benzene rings is 5. The largest absolute Gasteiger partial charge is 0.673 e.